The van der Waals surface area contributed by atoms with Crippen LogP contribution < -0.4 is 5.32 Å². The fourth-order valence-electron chi connectivity index (χ4n) is 3.47. The van der Waals surface area contributed by atoms with Gasteiger partial charge in [-0.15, -0.1) is 0 Å². The van der Waals surface area contributed by atoms with Gasteiger partial charge in [0, 0.05) is 30.5 Å². The highest BCUT2D eigenvalue weighted by molar-refractivity contribution is 5.28. The Hall–Kier alpha value is -0.870. The predicted octanol–water partition coefficient (Wildman–Crippen LogP) is 3.52. The zero-order chi connectivity index (χ0) is 15.2. The standard InChI is InChI=1S/C17H31N3O/c1-5-16(18-6-2)17-13(3)19-20(14(17)4)11-7-9-15-10-8-12-21-15/h15-16,18H,5-12H2,1-4H3. The summed E-state index contributed by atoms with van der Waals surface area (Å²) >= 11 is 0. The number of hydrogen-bond donors (Lipinski definition) is 1. The van der Waals surface area contributed by atoms with Crippen LogP contribution in [0, 0.1) is 13.8 Å². The molecule has 2 heterocycles. The largest absolute Gasteiger partial charge is 0.378 e. The molecule has 2 unspecified atom stereocenters. The summed E-state index contributed by atoms with van der Waals surface area (Å²) in [4.78, 5) is 0. The van der Waals surface area contributed by atoms with Crippen molar-refractivity contribution in [1.82, 2.24) is 15.1 Å². The van der Waals surface area contributed by atoms with Gasteiger partial charge in [-0.25, -0.2) is 0 Å². The zero-order valence-electron chi connectivity index (χ0n) is 14.1. The number of aryl methyl sites for hydroxylation is 2. The van der Waals surface area contributed by atoms with Crippen LogP contribution >= 0.6 is 0 Å². The molecule has 0 amide bonds. The maximum Gasteiger partial charge on any atom is 0.0644 e. The van der Waals surface area contributed by atoms with Crippen molar-refractivity contribution in [2.24, 2.45) is 0 Å². The van der Waals surface area contributed by atoms with Crippen LogP contribution in [-0.4, -0.2) is 29.0 Å². The van der Waals surface area contributed by atoms with E-state index in [1.807, 2.05) is 0 Å². The van der Waals surface area contributed by atoms with E-state index >= 15 is 0 Å². The Bertz CT molecular complexity index is 435. The quantitative estimate of drug-likeness (QED) is 0.797. The third-order valence-corrected chi connectivity index (χ3v) is 4.56. The van der Waals surface area contributed by atoms with Crippen molar-refractivity contribution in [2.45, 2.75) is 78.5 Å². The second kappa shape index (κ2) is 7.95. The van der Waals surface area contributed by atoms with Crippen molar-refractivity contribution >= 4 is 0 Å². The third kappa shape index (κ3) is 4.07. The van der Waals surface area contributed by atoms with E-state index in [-0.39, 0.29) is 0 Å². The van der Waals surface area contributed by atoms with Crippen molar-refractivity contribution in [3.05, 3.63) is 17.0 Å². The Morgan fingerprint density at radius 2 is 2.19 bits per heavy atom. The molecular weight excluding hydrogens is 262 g/mol. The number of rotatable bonds is 8. The lowest BCUT2D eigenvalue weighted by Gasteiger charge is -2.17. The number of hydrogen-bond acceptors (Lipinski definition) is 3. The van der Waals surface area contributed by atoms with E-state index in [0.717, 1.165) is 39.0 Å². The molecular formula is C17H31N3O. The number of nitrogens with one attached hydrogen (secondary N) is 1. The summed E-state index contributed by atoms with van der Waals surface area (Å²) in [6.07, 6.45) is 6.39. The van der Waals surface area contributed by atoms with Gasteiger partial charge in [-0.1, -0.05) is 13.8 Å². The summed E-state index contributed by atoms with van der Waals surface area (Å²) < 4.78 is 7.89. The maximum absolute atomic E-state index is 5.70. The molecule has 1 aliphatic rings. The fraction of sp³-hybridized carbons (Fsp3) is 0.824. The van der Waals surface area contributed by atoms with Crippen LogP contribution in [-0.2, 0) is 11.3 Å². The van der Waals surface area contributed by atoms with Crippen LogP contribution in [0.4, 0.5) is 0 Å². The molecule has 0 radical (unpaired) electrons. The number of nitrogens with zero attached hydrogens (tertiary/aromatic N) is 2. The maximum atomic E-state index is 5.70. The van der Waals surface area contributed by atoms with Crippen molar-refractivity contribution in [2.75, 3.05) is 13.2 Å². The molecule has 0 spiro atoms. The molecule has 21 heavy (non-hydrogen) atoms. The molecule has 1 aliphatic heterocycles. The Labute approximate surface area is 129 Å². The number of ether oxygens (including phenoxy) is 1. The molecule has 1 saturated heterocycles. The van der Waals surface area contributed by atoms with E-state index in [4.69, 9.17) is 9.84 Å². The smallest absolute Gasteiger partial charge is 0.0644 e. The highest BCUT2D eigenvalue weighted by Gasteiger charge is 2.19. The van der Waals surface area contributed by atoms with E-state index in [2.05, 4.69) is 37.7 Å². The van der Waals surface area contributed by atoms with Crippen molar-refractivity contribution in [3.8, 4) is 0 Å². The lowest BCUT2D eigenvalue weighted by Crippen LogP contribution is -2.21. The summed E-state index contributed by atoms with van der Waals surface area (Å²) in [5.74, 6) is 0. The second-order valence-corrected chi connectivity index (χ2v) is 6.10. The van der Waals surface area contributed by atoms with Crippen molar-refractivity contribution in [1.29, 1.82) is 0 Å². The Morgan fingerprint density at radius 3 is 2.81 bits per heavy atom. The SMILES string of the molecule is CCNC(CC)c1c(C)nn(CCCC2CCCO2)c1C. The first-order valence-corrected chi connectivity index (χ1v) is 8.56. The molecule has 2 atom stereocenters. The lowest BCUT2D eigenvalue weighted by molar-refractivity contribution is 0.101. The van der Waals surface area contributed by atoms with Gasteiger partial charge in [0.2, 0.25) is 0 Å². The van der Waals surface area contributed by atoms with Gasteiger partial charge in [0.25, 0.3) is 0 Å². The first-order chi connectivity index (χ1) is 10.2. The minimum Gasteiger partial charge on any atom is -0.378 e. The monoisotopic (exact) mass is 293 g/mol. The first kappa shape index (κ1) is 16.5. The van der Waals surface area contributed by atoms with E-state index in [0.29, 0.717) is 12.1 Å². The fourth-order valence-corrected chi connectivity index (χ4v) is 3.47. The first-order valence-electron chi connectivity index (χ1n) is 8.56. The molecule has 0 bridgehead atoms. The molecule has 4 heteroatoms. The van der Waals surface area contributed by atoms with Gasteiger partial charge in [0.05, 0.1) is 11.8 Å². The zero-order valence-corrected chi connectivity index (χ0v) is 14.1. The van der Waals surface area contributed by atoms with Crippen LogP contribution in [0.3, 0.4) is 0 Å². The minimum absolute atomic E-state index is 0.432. The minimum atomic E-state index is 0.432. The summed E-state index contributed by atoms with van der Waals surface area (Å²) in [5.41, 5.74) is 3.90. The van der Waals surface area contributed by atoms with Crippen LogP contribution in [0.5, 0.6) is 0 Å². The van der Waals surface area contributed by atoms with Crippen LogP contribution in [0.15, 0.2) is 0 Å². The van der Waals surface area contributed by atoms with Gasteiger partial charge < -0.3 is 10.1 Å². The van der Waals surface area contributed by atoms with Gasteiger partial charge in [-0.3, -0.25) is 4.68 Å². The van der Waals surface area contributed by atoms with Gasteiger partial charge in [0.1, 0.15) is 0 Å². The molecule has 1 fully saturated rings. The highest BCUT2D eigenvalue weighted by atomic mass is 16.5. The average Bonchev–Trinajstić information content (AvgIpc) is 3.07. The molecule has 1 aromatic heterocycles. The van der Waals surface area contributed by atoms with Gasteiger partial charge >= 0.3 is 0 Å². The Morgan fingerprint density at radius 1 is 1.38 bits per heavy atom. The molecule has 1 aromatic rings. The molecule has 2 rings (SSSR count). The normalized spacial score (nSPS) is 20.1. The summed E-state index contributed by atoms with van der Waals surface area (Å²) in [6, 6.07) is 0.432. The average molecular weight is 293 g/mol. The predicted molar refractivity (Wildman–Crippen MR) is 86.6 cm³/mol. The molecule has 0 aromatic carbocycles. The van der Waals surface area contributed by atoms with Gasteiger partial charge in [-0.2, -0.15) is 5.10 Å². The second-order valence-electron chi connectivity index (χ2n) is 6.10. The third-order valence-electron chi connectivity index (χ3n) is 4.56. The van der Waals surface area contributed by atoms with Crippen molar-refractivity contribution < 1.29 is 4.74 Å². The van der Waals surface area contributed by atoms with Crippen LogP contribution in [0.2, 0.25) is 0 Å². The van der Waals surface area contributed by atoms with Gasteiger partial charge in [0.15, 0.2) is 0 Å². The van der Waals surface area contributed by atoms with Crippen molar-refractivity contribution in [3.63, 3.8) is 0 Å². The summed E-state index contributed by atoms with van der Waals surface area (Å²) in [6.45, 7) is 11.7. The summed E-state index contributed by atoms with van der Waals surface area (Å²) in [5, 5.41) is 8.33. The Kier molecular flexibility index (Phi) is 6.24. The Balaban J connectivity index is 1.96. The topological polar surface area (TPSA) is 39.1 Å². The van der Waals surface area contributed by atoms with E-state index in [9.17, 15) is 0 Å². The van der Waals surface area contributed by atoms with E-state index in [1.165, 1.54) is 29.8 Å². The van der Waals surface area contributed by atoms with Crippen LogP contribution in [0.1, 0.15) is 68.9 Å². The van der Waals surface area contributed by atoms with E-state index in [1.54, 1.807) is 0 Å². The molecule has 120 valence electrons. The van der Waals surface area contributed by atoms with Crippen LogP contribution in [0.25, 0.3) is 0 Å². The number of aromatic nitrogens is 2. The summed E-state index contributed by atoms with van der Waals surface area (Å²) in [7, 11) is 0. The molecule has 0 saturated carbocycles. The molecule has 0 aliphatic carbocycles. The highest BCUT2D eigenvalue weighted by Crippen LogP contribution is 2.25. The van der Waals surface area contributed by atoms with E-state index < -0.39 is 0 Å². The lowest BCUT2D eigenvalue weighted by atomic mass is 10.0. The molecule has 1 N–H and O–H groups in total. The van der Waals surface area contributed by atoms with Gasteiger partial charge in [-0.05, 0) is 52.5 Å². The molecule has 4 nitrogen and oxygen atoms in total.